The summed E-state index contributed by atoms with van der Waals surface area (Å²) in [6.45, 7) is 9.76. The Hall–Kier alpha value is -0.740. The highest BCUT2D eigenvalue weighted by Crippen LogP contribution is 2.37. The zero-order chi connectivity index (χ0) is 15.8. The van der Waals surface area contributed by atoms with Gasteiger partial charge in [-0.05, 0) is 59.3 Å². The Kier molecular flexibility index (Phi) is 8.12. The topological polar surface area (TPSA) is 44.5 Å². The van der Waals surface area contributed by atoms with Gasteiger partial charge in [0.2, 0.25) is 0 Å². The Morgan fingerprint density at radius 2 is 1.86 bits per heavy atom. The fourth-order valence-electron chi connectivity index (χ4n) is 1.93. The molecule has 2 N–H and O–H groups in total. The molecular weight excluding hydrogens is 330 g/mol. The summed E-state index contributed by atoms with van der Waals surface area (Å²) in [7, 11) is 0. The van der Waals surface area contributed by atoms with E-state index in [1.807, 2.05) is 6.92 Å². The average molecular weight is 358 g/mol. The van der Waals surface area contributed by atoms with Gasteiger partial charge < -0.3 is 15.2 Å². The highest BCUT2D eigenvalue weighted by Gasteiger charge is 2.14. The lowest BCUT2D eigenvalue weighted by Crippen LogP contribution is -2.21. The van der Waals surface area contributed by atoms with Crippen LogP contribution in [-0.2, 0) is 6.42 Å². The van der Waals surface area contributed by atoms with Crippen LogP contribution in [-0.4, -0.2) is 19.3 Å². The predicted molar refractivity (Wildman–Crippen MR) is 92.2 cm³/mol. The van der Waals surface area contributed by atoms with Crippen molar-refractivity contribution in [1.82, 2.24) is 0 Å². The zero-order valence-corrected chi connectivity index (χ0v) is 15.2. The number of benzene rings is 1. The number of rotatable bonds is 9. The van der Waals surface area contributed by atoms with Gasteiger partial charge in [-0.1, -0.05) is 27.2 Å². The molecule has 4 heteroatoms. The normalized spacial score (nSPS) is 13.8. The fraction of sp³-hybridized carbons (Fsp3) is 0.647. The molecule has 1 aromatic rings. The van der Waals surface area contributed by atoms with Crippen molar-refractivity contribution in [2.75, 3.05) is 13.2 Å². The molecule has 1 aromatic carbocycles. The lowest BCUT2D eigenvalue weighted by Gasteiger charge is -2.18. The minimum atomic E-state index is 0.179. The van der Waals surface area contributed by atoms with E-state index in [0.717, 1.165) is 35.2 Å². The number of hydrogen-bond donors (Lipinski definition) is 1. The Morgan fingerprint density at radius 1 is 1.14 bits per heavy atom. The Morgan fingerprint density at radius 3 is 2.43 bits per heavy atom. The highest BCUT2D eigenvalue weighted by atomic mass is 79.9. The molecule has 21 heavy (non-hydrogen) atoms. The van der Waals surface area contributed by atoms with Crippen LogP contribution >= 0.6 is 15.9 Å². The van der Waals surface area contributed by atoms with Crippen LogP contribution < -0.4 is 15.2 Å². The molecule has 0 aliphatic heterocycles. The van der Waals surface area contributed by atoms with Crippen molar-refractivity contribution in [2.45, 2.75) is 53.0 Å². The summed E-state index contributed by atoms with van der Waals surface area (Å²) in [5.41, 5.74) is 7.22. The number of halogens is 1. The van der Waals surface area contributed by atoms with Crippen molar-refractivity contribution in [2.24, 2.45) is 11.7 Å². The van der Waals surface area contributed by atoms with Gasteiger partial charge in [-0.15, -0.1) is 0 Å². The Labute approximate surface area is 137 Å². The van der Waals surface area contributed by atoms with E-state index in [4.69, 9.17) is 15.2 Å². The van der Waals surface area contributed by atoms with Gasteiger partial charge in [0, 0.05) is 6.04 Å². The van der Waals surface area contributed by atoms with Crippen LogP contribution in [0, 0.1) is 5.92 Å². The maximum Gasteiger partial charge on any atom is 0.175 e. The highest BCUT2D eigenvalue weighted by molar-refractivity contribution is 9.10. The van der Waals surface area contributed by atoms with Crippen LogP contribution in [0.1, 0.15) is 46.1 Å². The van der Waals surface area contributed by atoms with Crippen LogP contribution in [0.4, 0.5) is 0 Å². The number of hydrogen-bond acceptors (Lipinski definition) is 3. The molecule has 2 atom stereocenters. The van der Waals surface area contributed by atoms with Gasteiger partial charge in [-0.2, -0.15) is 0 Å². The van der Waals surface area contributed by atoms with Crippen LogP contribution in [0.25, 0.3) is 0 Å². The van der Waals surface area contributed by atoms with E-state index in [2.05, 4.69) is 48.8 Å². The minimum Gasteiger partial charge on any atom is -0.490 e. The van der Waals surface area contributed by atoms with E-state index < -0.39 is 0 Å². The molecule has 0 bridgehead atoms. The maximum atomic E-state index is 6.05. The van der Waals surface area contributed by atoms with Gasteiger partial charge in [0.25, 0.3) is 0 Å². The van der Waals surface area contributed by atoms with E-state index in [1.165, 1.54) is 5.56 Å². The smallest absolute Gasteiger partial charge is 0.175 e. The van der Waals surface area contributed by atoms with Crippen molar-refractivity contribution >= 4 is 15.9 Å². The SMILES string of the molecule is CCOc1cc(CC(N)CC)cc(Br)c1OCC(C)CC. The molecule has 2 unspecified atom stereocenters. The summed E-state index contributed by atoms with van der Waals surface area (Å²) >= 11 is 3.61. The summed E-state index contributed by atoms with van der Waals surface area (Å²) in [5, 5.41) is 0. The second-order valence-electron chi connectivity index (χ2n) is 5.53. The number of ether oxygens (including phenoxy) is 2. The first-order chi connectivity index (χ1) is 10.0. The lowest BCUT2D eigenvalue weighted by molar-refractivity contribution is 0.236. The second kappa shape index (κ2) is 9.31. The summed E-state index contributed by atoms with van der Waals surface area (Å²) in [5.74, 6) is 2.12. The van der Waals surface area contributed by atoms with Crippen LogP contribution in [0.5, 0.6) is 11.5 Å². The summed E-state index contributed by atoms with van der Waals surface area (Å²) in [4.78, 5) is 0. The quantitative estimate of drug-likeness (QED) is 0.704. The van der Waals surface area contributed by atoms with E-state index >= 15 is 0 Å². The average Bonchev–Trinajstić information content (AvgIpc) is 2.46. The van der Waals surface area contributed by atoms with E-state index in [0.29, 0.717) is 19.1 Å². The van der Waals surface area contributed by atoms with Gasteiger partial charge in [-0.25, -0.2) is 0 Å². The molecule has 1 rings (SSSR count). The minimum absolute atomic E-state index is 0.179. The van der Waals surface area contributed by atoms with Crippen molar-refractivity contribution in [1.29, 1.82) is 0 Å². The third kappa shape index (κ3) is 5.87. The first kappa shape index (κ1) is 18.3. The molecule has 0 saturated heterocycles. The monoisotopic (exact) mass is 357 g/mol. The molecule has 120 valence electrons. The Balaban J connectivity index is 2.95. The second-order valence-corrected chi connectivity index (χ2v) is 6.39. The van der Waals surface area contributed by atoms with E-state index in [1.54, 1.807) is 0 Å². The summed E-state index contributed by atoms with van der Waals surface area (Å²) in [6.07, 6.45) is 2.92. The fourth-order valence-corrected chi connectivity index (χ4v) is 2.54. The molecule has 0 spiro atoms. The molecule has 0 aliphatic rings. The molecular formula is C17H28BrNO2. The van der Waals surface area contributed by atoms with E-state index in [9.17, 15) is 0 Å². The van der Waals surface area contributed by atoms with Crippen molar-refractivity contribution in [3.8, 4) is 11.5 Å². The van der Waals surface area contributed by atoms with Gasteiger partial charge >= 0.3 is 0 Å². The van der Waals surface area contributed by atoms with Crippen molar-refractivity contribution in [3.63, 3.8) is 0 Å². The van der Waals surface area contributed by atoms with Crippen molar-refractivity contribution in [3.05, 3.63) is 22.2 Å². The molecule has 0 heterocycles. The molecule has 0 radical (unpaired) electrons. The predicted octanol–water partition coefficient (Wildman–Crippen LogP) is 4.55. The first-order valence-electron chi connectivity index (χ1n) is 7.85. The third-order valence-electron chi connectivity index (χ3n) is 3.60. The van der Waals surface area contributed by atoms with Crippen LogP contribution in [0.3, 0.4) is 0 Å². The summed E-state index contributed by atoms with van der Waals surface area (Å²) < 4.78 is 12.6. The van der Waals surface area contributed by atoms with Crippen LogP contribution in [0.15, 0.2) is 16.6 Å². The van der Waals surface area contributed by atoms with Gasteiger partial charge in [0.05, 0.1) is 17.7 Å². The first-order valence-corrected chi connectivity index (χ1v) is 8.64. The number of nitrogens with two attached hydrogens (primary N) is 1. The Bertz CT molecular complexity index is 437. The molecule has 0 aromatic heterocycles. The van der Waals surface area contributed by atoms with Gasteiger partial charge in [-0.3, -0.25) is 0 Å². The molecule has 0 fully saturated rings. The van der Waals surface area contributed by atoms with E-state index in [-0.39, 0.29) is 6.04 Å². The molecule has 0 aliphatic carbocycles. The zero-order valence-electron chi connectivity index (χ0n) is 13.6. The largest absolute Gasteiger partial charge is 0.490 e. The summed E-state index contributed by atoms with van der Waals surface area (Å²) in [6, 6.07) is 4.32. The molecule has 0 saturated carbocycles. The van der Waals surface area contributed by atoms with Crippen molar-refractivity contribution < 1.29 is 9.47 Å². The van der Waals surface area contributed by atoms with Crippen LogP contribution in [0.2, 0.25) is 0 Å². The van der Waals surface area contributed by atoms with Gasteiger partial charge in [0.15, 0.2) is 11.5 Å². The maximum absolute atomic E-state index is 6.05. The molecule has 3 nitrogen and oxygen atoms in total. The lowest BCUT2D eigenvalue weighted by atomic mass is 10.0. The third-order valence-corrected chi connectivity index (χ3v) is 4.19. The van der Waals surface area contributed by atoms with Gasteiger partial charge in [0.1, 0.15) is 0 Å². The molecule has 0 amide bonds. The standard InChI is InChI=1S/C17H28BrNO2/c1-5-12(4)11-21-17-15(18)9-13(8-14(19)6-2)10-16(17)20-7-3/h9-10,12,14H,5-8,11,19H2,1-4H3.